The van der Waals surface area contributed by atoms with Crippen molar-refractivity contribution in [1.82, 2.24) is 5.32 Å². The van der Waals surface area contributed by atoms with E-state index >= 15 is 0 Å². The number of hydrogen-bond donors (Lipinski definition) is 2. The third-order valence-electron chi connectivity index (χ3n) is 2.39. The van der Waals surface area contributed by atoms with Gasteiger partial charge in [0.15, 0.2) is 0 Å². The van der Waals surface area contributed by atoms with E-state index in [0.29, 0.717) is 23.6 Å². The molecule has 0 aliphatic rings. The molecule has 1 atom stereocenters. The van der Waals surface area contributed by atoms with E-state index in [9.17, 15) is 9.59 Å². The lowest BCUT2D eigenvalue weighted by Gasteiger charge is -2.07. The molecule has 1 rings (SSSR count). The highest BCUT2D eigenvalue weighted by molar-refractivity contribution is 6.30. The van der Waals surface area contributed by atoms with Gasteiger partial charge in [-0.25, -0.2) is 0 Å². The zero-order valence-corrected chi connectivity index (χ0v) is 10.2. The van der Waals surface area contributed by atoms with Crippen LogP contribution in [-0.4, -0.2) is 23.5 Å². The zero-order chi connectivity index (χ0) is 12.8. The maximum absolute atomic E-state index is 11.6. The smallest absolute Gasteiger partial charge is 0.306 e. The molecule has 2 N–H and O–H groups in total. The van der Waals surface area contributed by atoms with Crippen LogP contribution >= 0.6 is 11.6 Å². The summed E-state index contributed by atoms with van der Waals surface area (Å²) in [6, 6.07) is 6.52. The van der Waals surface area contributed by atoms with E-state index in [-0.39, 0.29) is 5.91 Å². The highest BCUT2D eigenvalue weighted by atomic mass is 35.5. The minimum absolute atomic E-state index is 0.223. The van der Waals surface area contributed by atoms with Crippen molar-refractivity contribution >= 4 is 23.5 Å². The van der Waals surface area contributed by atoms with Crippen molar-refractivity contribution in [2.24, 2.45) is 5.92 Å². The number of nitrogens with one attached hydrogen (secondary N) is 1. The van der Waals surface area contributed by atoms with E-state index < -0.39 is 11.9 Å². The summed E-state index contributed by atoms with van der Waals surface area (Å²) in [5, 5.41) is 11.9. The molecule has 0 aromatic heterocycles. The average Bonchev–Trinajstić information content (AvgIpc) is 2.29. The number of halogens is 1. The monoisotopic (exact) mass is 255 g/mol. The molecule has 0 radical (unpaired) electrons. The van der Waals surface area contributed by atoms with Gasteiger partial charge in [0.1, 0.15) is 0 Å². The molecule has 0 aliphatic heterocycles. The van der Waals surface area contributed by atoms with Crippen LogP contribution in [0.1, 0.15) is 23.7 Å². The van der Waals surface area contributed by atoms with Crippen LogP contribution in [0.4, 0.5) is 0 Å². The van der Waals surface area contributed by atoms with Gasteiger partial charge in [0.05, 0.1) is 5.92 Å². The third-order valence-corrected chi connectivity index (χ3v) is 2.64. The Balaban J connectivity index is 2.40. The molecule has 1 amide bonds. The normalized spacial score (nSPS) is 11.9. The first kappa shape index (κ1) is 13.5. The lowest BCUT2D eigenvalue weighted by molar-refractivity contribution is -0.141. The molecule has 1 unspecified atom stereocenters. The zero-order valence-electron chi connectivity index (χ0n) is 9.44. The predicted octanol–water partition coefficient (Wildman–Crippen LogP) is 2.18. The van der Waals surface area contributed by atoms with Crippen LogP contribution in [-0.2, 0) is 4.79 Å². The Morgan fingerprint density at radius 2 is 1.94 bits per heavy atom. The number of amides is 1. The fourth-order valence-corrected chi connectivity index (χ4v) is 1.35. The van der Waals surface area contributed by atoms with Gasteiger partial charge in [-0.2, -0.15) is 0 Å². The molecule has 0 saturated carbocycles. The highest BCUT2D eigenvalue weighted by Gasteiger charge is 2.11. The molecule has 0 aliphatic carbocycles. The summed E-state index contributed by atoms with van der Waals surface area (Å²) in [4.78, 5) is 22.2. The molecule has 17 heavy (non-hydrogen) atoms. The van der Waals surface area contributed by atoms with Gasteiger partial charge in [-0.3, -0.25) is 9.59 Å². The van der Waals surface area contributed by atoms with Gasteiger partial charge < -0.3 is 10.4 Å². The third kappa shape index (κ3) is 4.44. The van der Waals surface area contributed by atoms with Crippen LogP contribution in [0.25, 0.3) is 0 Å². The quantitative estimate of drug-likeness (QED) is 0.848. The van der Waals surface area contributed by atoms with Crippen molar-refractivity contribution in [2.75, 3.05) is 6.54 Å². The predicted molar refractivity (Wildman–Crippen MR) is 65.2 cm³/mol. The van der Waals surface area contributed by atoms with E-state index in [4.69, 9.17) is 16.7 Å². The van der Waals surface area contributed by atoms with Crippen LogP contribution in [0.3, 0.4) is 0 Å². The Morgan fingerprint density at radius 3 is 2.47 bits per heavy atom. The molecule has 1 aromatic rings. The first-order valence-corrected chi connectivity index (χ1v) is 5.65. The van der Waals surface area contributed by atoms with Crippen molar-refractivity contribution < 1.29 is 14.7 Å². The van der Waals surface area contributed by atoms with Crippen molar-refractivity contribution in [2.45, 2.75) is 13.3 Å². The lowest BCUT2D eigenvalue weighted by Crippen LogP contribution is -2.26. The largest absolute Gasteiger partial charge is 0.481 e. The number of aliphatic carboxylic acids is 1. The lowest BCUT2D eigenvalue weighted by atomic mass is 10.1. The Labute approximate surface area is 105 Å². The molecular weight excluding hydrogens is 242 g/mol. The molecule has 0 bridgehead atoms. The van der Waals surface area contributed by atoms with Crippen LogP contribution in [0.15, 0.2) is 24.3 Å². The molecule has 5 heteroatoms. The maximum atomic E-state index is 11.6. The number of benzene rings is 1. The minimum atomic E-state index is -0.856. The van der Waals surface area contributed by atoms with Crippen LogP contribution in [0.2, 0.25) is 5.02 Å². The second kappa shape index (κ2) is 6.25. The summed E-state index contributed by atoms with van der Waals surface area (Å²) in [6.45, 7) is 1.95. The number of carboxylic acid groups (broad SMARTS) is 1. The van der Waals surface area contributed by atoms with Crippen molar-refractivity contribution in [1.29, 1.82) is 0 Å². The number of carbonyl (C=O) groups is 2. The molecule has 4 nitrogen and oxygen atoms in total. The number of hydrogen-bond acceptors (Lipinski definition) is 2. The topological polar surface area (TPSA) is 66.4 Å². The fourth-order valence-electron chi connectivity index (χ4n) is 1.23. The van der Waals surface area contributed by atoms with Gasteiger partial charge in [-0.15, -0.1) is 0 Å². The molecule has 92 valence electrons. The maximum Gasteiger partial charge on any atom is 0.306 e. The Morgan fingerprint density at radius 1 is 1.35 bits per heavy atom. The average molecular weight is 256 g/mol. The van der Waals surface area contributed by atoms with Crippen molar-refractivity contribution in [3.05, 3.63) is 34.9 Å². The molecule has 0 fully saturated rings. The summed E-state index contributed by atoms with van der Waals surface area (Å²) in [5.74, 6) is -1.54. The van der Waals surface area contributed by atoms with E-state index in [1.54, 1.807) is 31.2 Å². The summed E-state index contributed by atoms with van der Waals surface area (Å²) < 4.78 is 0. The van der Waals surface area contributed by atoms with Gasteiger partial charge in [-0.1, -0.05) is 18.5 Å². The Hall–Kier alpha value is -1.55. The molecule has 0 heterocycles. The summed E-state index contributed by atoms with van der Waals surface area (Å²) >= 11 is 5.70. The number of rotatable bonds is 5. The minimum Gasteiger partial charge on any atom is -0.481 e. The van der Waals surface area contributed by atoms with E-state index in [1.807, 2.05) is 0 Å². The second-order valence-corrected chi connectivity index (χ2v) is 4.23. The standard InChI is InChI=1S/C12H14ClNO3/c1-8(12(16)17)6-7-14-11(15)9-2-4-10(13)5-3-9/h2-5,8H,6-7H2,1H3,(H,14,15)(H,16,17). The van der Waals surface area contributed by atoms with Crippen LogP contribution < -0.4 is 5.32 Å². The van der Waals surface area contributed by atoms with Gasteiger partial charge >= 0.3 is 5.97 Å². The van der Waals surface area contributed by atoms with Gasteiger partial charge in [0.2, 0.25) is 0 Å². The van der Waals surface area contributed by atoms with Gasteiger partial charge in [-0.05, 0) is 30.7 Å². The SMILES string of the molecule is CC(CCNC(=O)c1ccc(Cl)cc1)C(=O)O. The highest BCUT2D eigenvalue weighted by Crippen LogP contribution is 2.09. The Bertz CT molecular complexity index is 403. The molecule has 1 aromatic carbocycles. The van der Waals surface area contributed by atoms with Crippen LogP contribution in [0.5, 0.6) is 0 Å². The van der Waals surface area contributed by atoms with Gasteiger partial charge in [0.25, 0.3) is 5.91 Å². The van der Waals surface area contributed by atoms with Crippen LogP contribution in [0, 0.1) is 5.92 Å². The van der Waals surface area contributed by atoms with E-state index in [2.05, 4.69) is 5.32 Å². The molecule has 0 saturated heterocycles. The van der Waals surface area contributed by atoms with Crippen molar-refractivity contribution in [3.63, 3.8) is 0 Å². The molecule has 0 spiro atoms. The fraction of sp³-hybridized carbons (Fsp3) is 0.333. The summed E-state index contributed by atoms with van der Waals surface area (Å²) in [5.41, 5.74) is 0.511. The second-order valence-electron chi connectivity index (χ2n) is 3.79. The first-order chi connectivity index (χ1) is 8.00. The van der Waals surface area contributed by atoms with Gasteiger partial charge in [0, 0.05) is 17.1 Å². The van der Waals surface area contributed by atoms with Crippen molar-refractivity contribution in [3.8, 4) is 0 Å². The number of carbonyl (C=O) groups excluding carboxylic acids is 1. The first-order valence-electron chi connectivity index (χ1n) is 5.27. The molecular formula is C12H14ClNO3. The van der Waals surface area contributed by atoms with E-state index in [1.165, 1.54) is 0 Å². The summed E-state index contributed by atoms with van der Waals surface area (Å²) in [7, 11) is 0. The van der Waals surface area contributed by atoms with E-state index in [0.717, 1.165) is 0 Å². The summed E-state index contributed by atoms with van der Waals surface area (Å²) in [6.07, 6.45) is 0.411. The number of carboxylic acids is 1. The Kier molecular flexibility index (Phi) is 4.97.